The Hall–Kier alpha value is 0.210. The first-order chi connectivity index (χ1) is 4.74. The first kappa shape index (κ1) is 8.31. The topological polar surface area (TPSA) is 12.9 Å². The Kier molecular flexibility index (Phi) is 2.96. The molecule has 0 atom stereocenters. The number of hydrogen-bond acceptors (Lipinski definition) is 2. The van der Waals surface area contributed by atoms with Crippen molar-refractivity contribution in [1.82, 2.24) is 4.98 Å². The summed E-state index contributed by atoms with van der Waals surface area (Å²) in [5, 5.41) is 0.567. The van der Waals surface area contributed by atoms with Gasteiger partial charge in [-0.1, -0.05) is 36.5 Å². The first-order valence-corrected chi connectivity index (χ1v) is 4.62. The molecule has 1 heterocycles. The molecule has 0 saturated heterocycles. The predicted molar refractivity (Wildman–Crippen MR) is 46.1 cm³/mol. The lowest BCUT2D eigenvalue weighted by atomic mass is 10.3. The van der Waals surface area contributed by atoms with Crippen LogP contribution in [0.3, 0.4) is 0 Å². The summed E-state index contributed by atoms with van der Waals surface area (Å²) in [6, 6.07) is 0. The molecule has 0 bridgehead atoms. The molecule has 0 aliphatic heterocycles. The largest absolute Gasteiger partial charge is 0.213 e. The van der Waals surface area contributed by atoms with E-state index in [1.54, 1.807) is 0 Å². The second kappa shape index (κ2) is 3.56. The highest BCUT2D eigenvalue weighted by molar-refractivity contribution is 7.16. The Labute approximate surface area is 74.0 Å². The molecule has 0 N–H and O–H groups in total. The van der Waals surface area contributed by atoms with E-state index in [4.69, 9.17) is 23.2 Å². The minimum Gasteiger partial charge on any atom is -0.213 e. The van der Waals surface area contributed by atoms with E-state index in [0.717, 1.165) is 17.7 Å². The number of nitrogens with zero attached hydrogens (tertiary/aromatic N) is 1. The molecule has 4 heteroatoms. The fourth-order valence-electron chi connectivity index (χ4n) is 0.687. The molecule has 1 aromatic heterocycles. The number of thiazole rings is 1. The number of hydrogen-bond donors (Lipinski definition) is 0. The van der Waals surface area contributed by atoms with Gasteiger partial charge in [-0.3, -0.25) is 0 Å². The van der Waals surface area contributed by atoms with E-state index in [1.165, 1.54) is 11.3 Å². The molecule has 1 aromatic rings. The molecule has 1 nitrogen and oxygen atoms in total. The lowest BCUT2D eigenvalue weighted by Gasteiger charge is -1.88. The van der Waals surface area contributed by atoms with Crippen LogP contribution in [0.2, 0.25) is 9.62 Å². The number of aromatic nitrogens is 1. The van der Waals surface area contributed by atoms with Crippen molar-refractivity contribution in [2.45, 2.75) is 19.8 Å². The molecule has 0 amide bonds. The molecule has 0 aliphatic carbocycles. The Morgan fingerprint density at radius 2 is 2.20 bits per heavy atom. The van der Waals surface area contributed by atoms with Crippen LogP contribution >= 0.6 is 34.5 Å². The third kappa shape index (κ3) is 1.84. The smallest absolute Gasteiger partial charge is 0.185 e. The van der Waals surface area contributed by atoms with E-state index in [-0.39, 0.29) is 0 Å². The van der Waals surface area contributed by atoms with Crippen molar-refractivity contribution < 1.29 is 0 Å². The monoisotopic (exact) mass is 195 g/mol. The van der Waals surface area contributed by atoms with Crippen LogP contribution in [0.1, 0.15) is 18.2 Å². The number of rotatable bonds is 2. The Bertz CT molecular complexity index is 222. The van der Waals surface area contributed by atoms with E-state index in [9.17, 15) is 0 Å². The van der Waals surface area contributed by atoms with Crippen LogP contribution in [-0.4, -0.2) is 4.98 Å². The van der Waals surface area contributed by atoms with Crippen molar-refractivity contribution in [3.8, 4) is 0 Å². The van der Waals surface area contributed by atoms with Crippen LogP contribution in [0.4, 0.5) is 0 Å². The summed E-state index contributed by atoms with van der Waals surface area (Å²) >= 11 is 12.8. The summed E-state index contributed by atoms with van der Waals surface area (Å²) in [6.07, 6.45) is 2.06. The summed E-state index contributed by atoms with van der Waals surface area (Å²) in [4.78, 5) is 4.97. The van der Waals surface area contributed by atoms with Crippen LogP contribution in [0, 0.1) is 0 Å². The quantitative estimate of drug-likeness (QED) is 0.706. The van der Waals surface area contributed by atoms with Crippen molar-refractivity contribution in [2.75, 3.05) is 0 Å². The standard InChI is InChI=1S/C6H7Cl2NS/c1-2-3-4-5(7)9-6(8)10-4/h2-3H2,1H3. The number of aryl methyl sites for hydroxylation is 1. The SMILES string of the molecule is CCCc1sc(Cl)nc1Cl. The van der Waals surface area contributed by atoms with Gasteiger partial charge in [0.1, 0.15) is 5.15 Å². The van der Waals surface area contributed by atoms with Crippen molar-refractivity contribution in [2.24, 2.45) is 0 Å². The average Bonchev–Trinajstić information content (AvgIpc) is 2.13. The van der Waals surface area contributed by atoms with Gasteiger partial charge in [-0.25, -0.2) is 4.98 Å². The Morgan fingerprint density at radius 1 is 1.50 bits per heavy atom. The molecule has 10 heavy (non-hydrogen) atoms. The van der Waals surface area contributed by atoms with E-state index < -0.39 is 0 Å². The molecule has 0 aromatic carbocycles. The maximum atomic E-state index is 5.74. The van der Waals surface area contributed by atoms with Crippen molar-refractivity contribution >= 4 is 34.5 Å². The molecule has 0 saturated carbocycles. The molecule has 0 spiro atoms. The Morgan fingerprint density at radius 3 is 2.60 bits per heavy atom. The van der Waals surface area contributed by atoms with E-state index in [2.05, 4.69) is 11.9 Å². The van der Waals surface area contributed by atoms with Gasteiger partial charge in [-0.05, 0) is 6.42 Å². The summed E-state index contributed by atoms with van der Waals surface area (Å²) in [5.74, 6) is 0. The van der Waals surface area contributed by atoms with Crippen molar-refractivity contribution in [1.29, 1.82) is 0 Å². The third-order valence-corrected chi connectivity index (χ3v) is 2.74. The van der Waals surface area contributed by atoms with Gasteiger partial charge < -0.3 is 0 Å². The lowest BCUT2D eigenvalue weighted by molar-refractivity contribution is 0.936. The second-order valence-electron chi connectivity index (χ2n) is 1.93. The van der Waals surface area contributed by atoms with Crippen LogP contribution in [0.25, 0.3) is 0 Å². The summed E-state index contributed by atoms with van der Waals surface area (Å²) < 4.78 is 0.536. The van der Waals surface area contributed by atoms with Crippen LogP contribution in [0.15, 0.2) is 0 Å². The van der Waals surface area contributed by atoms with Crippen LogP contribution in [0.5, 0.6) is 0 Å². The highest BCUT2D eigenvalue weighted by atomic mass is 35.5. The molecule has 1 rings (SSSR count). The normalized spacial score (nSPS) is 10.3. The zero-order valence-corrected chi connectivity index (χ0v) is 7.85. The second-order valence-corrected chi connectivity index (χ2v) is 3.95. The Balaban J connectivity index is 2.81. The minimum absolute atomic E-state index is 0.536. The van der Waals surface area contributed by atoms with Gasteiger partial charge in [0.25, 0.3) is 0 Å². The molecule has 0 radical (unpaired) electrons. The fraction of sp³-hybridized carbons (Fsp3) is 0.500. The van der Waals surface area contributed by atoms with Crippen molar-refractivity contribution in [3.63, 3.8) is 0 Å². The maximum absolute atomic E-state index is 5.74. The molecule has 0 unspecified atom stereocenters. The van der Waals surface area contributed by atoms with Gasteiger partial charge in [0.2, 0.25) is 0 Å². The van der Waals surface area contributed by atoms with E-state index in [1.807, 2.05) is 0 Å². The molecule has 0 aliphatic rings. The van der Waals surface area contributed by atoms with Gasteiger partial charge in [0.05, 0.1) is 0 Å². The first-order valence-electron chi connectivity index (χ1n) is 3.04. The zero-order valence-electron chi connectivity index (χ0n) is 5.53. The van der Waals surface area contributed by atoms with Gasteiger partial charge >= 0.3 is 0 Å². The third-order valence-electron chi connectivity index (χ3n) is 1.10. The maximum Gasteiger partial charge on any atom is 0.185 e. The van der Waals surface area contributed by atoms with Crippen LogP contribution < -0.4 is 0 Å². The van der Waals surface area contributed by atoms with Gasteiger partial charge in [-0.15, -0.1) is 11.3 Å². The average molecular weight is 196 g/mol. The summed E-state index contributed by atoms with van der Waals surface area (Å²) in [7, 11) is 0. The molecule has 0 fully saturated rings. The predicted octanol–water partition coefficient (Wildman–Crippen LogP) is 3.40. The molecular formula is C6H7Cl2NS. The molecule has 56 valence electrons. The number of halogens is 2. The highest BCUT2D eigenvalue weighted by Crippen LogP contribution is 2.27. The van der Waals surface area contributed by atoms with E-state index >= 15 is 0 Å². The zero-order chi connectivity index (χ0) is 7.56. The lowest BCUT2D eigenvalue weighted by Crippen LogP contribution is -1.76. The van der Waals surface area contributed by atoms with Gasteiger partial charge in [0.15, 0.2) is 4.47 Å². The van der Waals surface area contributed by atoms with E-state index in [0.29, 0.717) is 9.62 Å². The minimum atomic E-state index is 0.536. The van der Waals surface area contributed by atoms with Gasteiger partial charge in [0, 0.05) is 4.88 Å². The fourth-order valence-corrected chi connectivity index (χ4v) is 2.22. The van der Waals surface area contributed by atoms with Gasteiger partial charge in [-0.2, -0.15) is 0 Å². The molecular weight excluding hydrogens is 189 g/mol. The summed E-state index contributed by atoms with van der Waals surface area (Å²) in [5.41, 5.74) is 0. The van der Waals surface area contributed by atoms with Crippen molar-refractivity contribution in [3.05, 3.63) is 14.5 Å². The highest BCUT2D eigenvalue weighted by Gasteiger charge is 2.05. The van der Waals surface area contributed by atoms with Crippen LogP contribution in [-0.2, 0) is 6.42 Å². The summed E-state index contributed by atoms with van der Waals surface area (Å²) in [6.45, 7) is 2.10.